The van der Waals surface area contributed by atoms with Crippen molar-refractivity contribution in [2.45, 2.75) is 46.7 Å². The van der Waals surface area contributed by atoms with Crippen LogP contribution in [0.5, 0.6) is 0 Å². The van der Waals surface area contributed by atoms with Gasteiger partial charge in [-0.2, -0.15) is 0 Å². The van der Waals surface area contributed by atoms with Crippen LogP contribution >= 0.6 is 0 Å². The van der Waals surface area contributed by atoms with E-state index in [1.54, 1.807) is 0 Å². The van der Waals surface area contributed by atoms with Crippen LogP contribution in [0.3, 0.4) is 0 Å². The average molecular weight is 248 g/mol. The lowest BCUT2D eigenvalue weighted by Gasteiger charge is -2.27. The summed E-state index contributed by atoms with van der Waals surface area (Å²) in [4.78, 5) is 2.16. The molecular weight excluding hydrogens is 218 g/mol. The first-order chi connectivity index (χ1) is 8.02. The number of rotatable bonds is 10. The second-order valence-electron chi connectivity index (χ2n) is 3.94. The molecule has 1 unspecified atom stereocenters. The lowest BCUT2D eigenvalue weighted by molar-refractivity contribution is 0.186. The Labute approximate surface area is 104 Å². The van der Waals surface area contributed by atoms with E-state index in [0.717, 1.165) is 25.6 Å². The first-order valence-electron chi connectivity index (χ1n) is 7.04. The molecule has 0 aromatic heterocycles. The van der Waals surface area contributed by atoms with E-state index in [2.05, 4.69) is 25.3 Å². The molecule has 0 heterocycles. The zero-order valence-electron chi connectivity index (χ0n) is 12.6. The van der Waals surface area contributed by atoms with Gasteiger partial charge in [-0.25, -0.2) is 0 Å². The third-order valence-electron chi connectivity index (χ3n) is 2.70. The minimum Gasteiger partial charge on any atom is -0.395 e. The molecule has 4 heteroatoms. The van der Waals surface area contributed by atoms with Gasteiger partial charge in [0.25, 0.3) is 0 Å². The smallest absolute Gasteiger partial charge is 0.334 e. The molecule has 0 bridgehead atoms. The van der Waals surface area contributed by atoms with Gasteiger partial charge in [0.05, 0.1) is 0 Å². The van der Waals surface area contributed by atoms with Crippen LogP contribution in [0.1, 0.15) is 35.5 Å². The van der Waals surface area contributed by atoms with Gasteiger partial charge >= 0.3 is 8.56 Å². The molecule has 0 aliphatic carbocycles. The summed E-state index contributed by atoms with van der Waals surface area (Å²) in [7, 11) is -2.03. The van der Waals surface area contributed by atoms with Crippen molar-refractivity contribution >= 4 is 8.56 Å². The first-order valence-corrected chi connectivity index (χ1v) is 8.99. The van der Waals surface area contributed by atoms with E-state index in [1.165, 1.54) is 0 Å². The molecule has 0 amide bonds. The standard InChI is InChI=1S/C12H29NO2Si/c1-6-13(7-2)11-10-12-16(5,14-8-3)15-9-4/h6-12H2,1-5H3/i11D. The fourth-order valence-corrected chi connectivity index (χ4v) is 4.03. The quantitative estimate of drug-likeness (QED) is 0.555. The Balaban J connectivity index is 4.19. The Bertz CT molecular complexity index is 185. The molecule has 16 heavy (non-hydrogen) atoms. The van der Waals surface area contributed by atoms with Crippen LogP contribution in [0.25, 0.3) is 0 Å². The summed E-state index contributed by atoms with van der Waals surface area (Å²) in [6.07, 6.45) is 0.838. The summed E-state index contributed by atoms with van der Waals surface area (Å²) in [5.74, 6) is 0. The molecule has 0 aliphatic heterocycles. The van der Waals surface area contributed by atoms with E-state index >= 15 is 0 Å². The summed E-state index contributed by atoms with van der Waals surface area (Å²) in [5.41, 5.74) is 0. The predicted octanol–water partition coefficient (Wildman–Crippen LogP) is 2.86. The SMILES string of the molecule is [2H]C(CC[Si](C)(OCC)OCC)N(CC)CC. The molecule has 0 aliphatic rings. The van der Waals surface area contributed by atoms with Crippen molar-refractivity contribution < 1.29 is 10.2 Å². The van der Waals surface area contributed by atoms with E-state index < -0.39 is 8.56 Å². The molecule has 0 saturated carbocycles. The van der Waals surface area contributed by atoms with Crippen LogP contribution in [0.2, 0.25) is 12.6 Å². The molecule has 0 saturated heterocycles. The van der Waals surface area contributed by atoms with Crippen molar-refractivity contribution in [3.63, 3.8) is 0 Å². The van der Waals surface area contributed by atoms with Crippen LogP contribution in [0.4, 0.5) is 0 Å². The van der Waals surface area contributed by atoms with Crippen molar-refractivity contribution in [1.29, 1.82) is 0 Å². The zero-order chi connectivity index (χ0) is 13.3. The van der Waals surface area contributed by atoms with E-state index in [9.17, 15) is 0 Å². The largest absolute Gasteiger partial charge is 0.395 e. The van der Waals surface area contributed by atoms with Gasteiger partial charge in [-0.05, 0) is 52.5 Å². The minimum absolute atomic E-state index is 0.127. The Hall–Kier alpha value is 0.0969. The predicted molar refractivity (Wildman–Crippen MR) is 72.1 cm³/mol. The highest BCUT2D eigenvalue weighted by molar-refractivity contribution is 6.66. The van der Waals surface area contributed by atoms with E-state index in [0.29, 0.717) is 13.2 Å². The summed E-state index contributed by atoms with van der Waals surface area (Å²) in [5, 5.41) is 0. The molecule has 3 nitrogen and oxygen atoms in total. The number of nitrogens with zero attached hydrogens (tertiary/aromatic N) is 1. The molecule has 0 aromatic carbocycles. The Morgan fingerprint density at radius 3 is 1.94 bits per heavy atom. The molecule has 0 radical (unpaired) electrons. The molecule has 0 N–H and O–H groups in total. The van der Waals surface area contributed by atoms with Gasteiger partial charge in [-0.3, -0.25) is 0 Å². The van der Waals surface area contributed by atoms with E-state index in [-0.39, 0.29) is 6.52 Å². The second kappa shape index (κ2) is 9.16. The fourth-order valence-electron chi connectivity index (χ4n) is 1.79. The highest BCUT2D eigenvalue weighted by atomic mass is 28.4. The Kier molecular flexibility index (Phi) is 8.11. The molecule has 1 atom stereocenters. The van der Waals surface area contributed by atoms with Crippen molar-refractivity contribution in [1.82, 2.24) is 4.90 Å². The maximum absolute atomic E-state index is 8.11. The topological polar surface area (TPSA) is 21.7 Å². The fraction of sp³-hybridized carbons (Fsp3) is 1.00. The Morgan fingerprint density at radius 1 is 1.06 bits per heavy atom. The van der Waals surface area contributed by atoms with Crippen molar-refractivity contribution in [2.24, 2.45) is 0 Å². The summed E-state index contributed by atoms with van der Waals surface area (Å²) in [6.45, 7) is 13.5. The van der Waals surface area contributed by atoms with Crippen LogP contribution in [0.15, 0.2) is 0 Å². The highest BCUT2D eigenvalue weighted by Crippen LogP contribution is 2.16. The van der Waals surface area contributed by atoms with Gasteiger partial charge in [-0.1, -0.05) is 13.8 Å². The maximum Gasteiger partial charge on any atom is 0.334 e. The molecule has 0 spiro atoms. The second-order valence-corrected chi connectivity index (χ2v) is 7.29. The van der Waals surface area contributed by atoms with Crippen LogP contribution in [-0.2, 0) is 8.85 Å². The van der Waals surface area contributed by atoms with Gasteiger partial charge < -0.3 is 13.8 Å². The molecule has 0 rings (SSSR count). The van der Waals surface area contributed by atoms with Crippen molar-refractivity contribution in [2.75, 3.05) is 32.8 Å². The van der Waals surface area contributed by atoms with Crippen LogP contribution < -0.4 is 0 Å². The van der Waals surface area contributed by atoms with Gasteiger partial charge in [0.1, 0.15) is 0 Å². The lowest BCUT2D eigenvalue weighted by Crippen LogP contribution is -2.39. The molecule has 98 valence electrons. The summed E-state index contributed by atoms with van der Waals surface area (Å²) in [6, 6.07) is 0.902. The summed E-state index contributed by atoms with van der Waals surface area (Å²) >= 11 is 0. The van der Waals surface area contributed by atoms with Crippen LogP contribution in [0, 0.1) is 0 Å². The lowest BCUT2D eigenvalue weighted by atomic mass is 10.4. The molecular formula is C12H29NO2Si. The van der Waals surface area contributed by atoms with Crippen molar-refractivity contribution in [3.8, 4) is 0 Å². The number of hydrogen-bond donors (Lipinski definition) is 0. The number of hydrogen-bond acceptors (Lipinski definition) is 3. The Morgan fingerprint density at radius 2 is 1.56 bits per heavy atom. The normalized spacial score (nSPS) is 15.2. The average Bonchev–Trinajstić information content (AvgIpc) is 2.29. The maximum atomic E-state index is 8.11. The summed E-state index contributed by atoms with van der Waals surface area (Å²) < 4.78 is 19.7. The molecule has 0 fully saturated rings. The van der Waals surface area contributed by atoms with Crippen LogP contribution in [-0.4, -0.2) is 46.3 Å². The van der Waals surface area contributed by atoms with Gasteiger partial charge in [0, 0.05) is 14.6 Å². The molecule has 0 aromatic rings. The first kappa shape index (κ1) is 14.2. The van der Waals surface area contributed by atoms with Gasteiger partial charge in [0.15, 0.2) is 0 Å². The minimum atomic E-state index is -2.03. The monoisotopic (exact) mass is 248 g/mol. The van der Waals surface area contributed by atoms with Gasteiger partial charge in [0.2, 0.25) is 0 Å². The van der Waals surface area contributed by atoms with E-state index in [4.69, 9.17) is 10.2 Å². The van der Waals surface area contributed by atoms with E-state index in [1.807, 2.05) is 13.8 Å². The zero-order valence-corrected chi connectivity index (χ0v) is 12.6. The third-order valence-corrected chi connectivity index (χ3v) is 5.69. The third kappa shape index (κ3) is 6.63. The van der Waals surface area contributed by atoms with Crippen molar-refractivity contribution in [3.05, 3.63) is 0 Å². The highest BCUT2D eigenvalue weighted by Gasteiger charge is 2.29. The van der Waals surface area contributed by atoms with Gasteiger partial charge in [-0.15, -0.1) is 0 Å².